The molecule has 2 heterocycles. The second-order valence-corrected chi connectivity index (χ2v) is 9.67. The molecule has 0 bridgehead atoms. The van der Waals surface area contributed by atoms with Crippen molar-refractivity contribution in [1.29, 1.82) is 0 Å². The van der Waals surface area contributed by atoms with Crippen LogP contribution in [0.5, 0.6) is 0 Å². The smallest absolute Gasteiger partial charge is 0.317 e. The highest BCUT2D eigenvalue weighted by atomic mass is 32.2. The van der Waals surface area contributed by atoms with E-state index in [0.29, 0.717) is 19.0 Å². The van der Waals surface area contributed by atoms with Crippen molar-refractivity contribution in [2.24, 2.45) is 5.14 Å². The summed E-state index contributed by atoms with van der Waals surface area (Å²) in [4.78, 5) is 15.0. The average Bonchev–Trinajstić information content (AvgIpc) is 3.21. The summed E-state index contributed by atoms with van der Waals surface area (Å²) in [5, 5.41) is 7.97. The first-order valence-corrected chi connectivity index (χ1v) is 10.8. The lowest BCUT2D eigenvalue weighted by molar-refractivity contribution is 0.208. The van der Waals surface area contributed by atoms with Gasteiger partial charge in [-0.3, -0.25) is 0 Å². The van der Waals surface area contributed by atoms with Crippen molar-refractivity contribution >= 4 is 27.4 Å². The number of nitrogens with one attached hydrogen (secondary N) is 1. The molecule has 0 saturated carbocycles. The maximum absolute atomic E-state index is 12.4. The number of nitrogens with two attached hydrogens (primary N) is 1. The number of hydrogen-bond donors (Lipinski definition) is 2. The number of thiophene rings is 1. The Hall–Kier alpha value is -1.90. The molecule has 1 aromatic heterocycles. The van der Waals surface area contributed by atoms with Crippen LogP contribution in [0.15, 0.2) is 34.5 Å². The van der Waals surface area contributed by atoms with Gasteiger partial charge in [0.25, 0.3) is 0 Å². The number of rotatable bonds is 4. The Morgan fingerprint density at radius 1 is 1.31 bits per heavy atom. The molecule has 0 aliphatic carbocycles. The van der Waals surface area contributed by atoms with Gasteiger partial charge >= 0.3 is 6.03 Å². The predicted octanol–water partition coefficient (Wildman–Crippen LogP) is 2.71. The van der Waals surface area contributed by atoms with Gasteiger partial charge in [-0.05, 0) is 43.5 Å². The molecule has 2 aromatic rings. The van der Waals surface area contributed by atoms with Crippen molar-refractivity contribution in [2.75, 3.05) is 13.1 Å². The summed E-state index contributed by atoms with van der Waals surface area (Å²) < 4.78 is 22.7. The van der Waals surface area contributed by atoms with E-state index in [0.717, 1.165) is 29.2 Å². The number of amides is 2. The third kappa shape index (κ3) is 4.25. The minimum atomic E-state index is -3.69. The molecule has 1 fully saturated rings. The zero-order valence-electron chi connectivity index (χ0n) is 14.9. The molecule has 1 saturated heterocycles. The van der Waals surface area contributed by atoms with Crippen LogP contribution in [0.1, 0.15) is 33.9 Å². The van der Waals surface area contributed by atoms with E-state index in [1.807, 2.05) is 4.90 Å². The number of urea groups is 1. The first-order valence-electron chi connectivity index (χ1n) is 8.45. The number of carbonyl (C=O) groups is 1. The lowest BCUT2D eigenvalue weighted by Crippen LogP contribution is -2.37. The van der Waals surface area contributed by atoms with Crippen LogP contribution in [0.25, 0.3) is 0 Å². The number of likely N-dealkylation sites (tertiary alicyclic amines) is 1. The van der Waals surface area contributed by atoms with Crippen LogP contribution >= 0.6 is 11.3 Å². The first kappa shape index (κ1) is 18.9. The van der Waals surface area contributed by atoms with Crippen LogP contribution in [-0.4, -0.2) is 32.4 Å². The second kappa shape index (κ2) is 7.38. The van der Waals surface area contributed by atoms with Crippen LogP contribution in [0.2, 0.25) is 0 Å². The molecule has 0 radical (unpaired) electrons. The van der Waals surface area contributed by atoms with Gasteiger partial charge in [0.2, 0.25) is 10.0 Å². The summed E-state index contributed by atoms with van der Waals surface area (Å²) in [6.07, 6.45) is 0.950. The fourth-order valence-corrected chi connectivity index (χ4v) is 5.08. The molecule has 2 amide bonds. The van der Waals surface area contributed by atoms with E-state index in [9.17, 15) is 13.2 Å². The van der Waals surface area contributed by atoms with Crippen LogP contribution < -0.4 is 10.5 Å². The molecule has 0 unspecified atom stereocenters. The van der Waals surface area contributed by atoms with Crippen molar-refractivity contribution in [1.82, 2.24) is 10.2 Å². The summed E-state index contributed by atoms with van der Waals surface area (Å²) in [6.45, 7) is 5.91. The molecule has 1 aromatic carbocycles. The summed E-state index contributed by atoms with van der Waals surface area (Å²) in [6, 6.07) is 9.48. The lowest BCUT2D eigenvalue weighted by atomic mass is 9.93. The molecule has 26 heavy (non-hydrogen) atoms. The van der Waals surface area contributed by atoms with E-state index in [4.69, 9.17) is 5.14 Å². The standard InChI is InChI=1S/C18H23N3O3S2/c1-12-3-5-16(13(2)9-12)14-7-8-21(11-14)18(22)20-10-15-4-6-17(25-15)26(19,23)24/h3-6,9,14H,7-8,10-11H2,1-2H3,(H,20,22)(H2,19,23,24)/t14-/m0/s1. The van der Waals surface area contributed by atoms with Gasteiger partial charge in [0, 0.05) is 23.9 Å². The Morgan fingerprint density at radius 2 is 2.08 bits per heavy atom. The minimum Gasteiger partial charge on any atom is -0.333 e. The monoisotopic (exact) mass is 393 g/mol. The highest BCUT2D eigenvalue weighted by Gasteiger charge is 2.28. The van der Waals surface area contributed by atoms with Crippen molar-refractivity contribution in [3.63, 3.8) is 0 Å². The molecule has 1 atom stereocenters. The number of nitrogens with zero attached hydrogens (tertiary/aromatic N) is 1. The number of aryl methyl sites for hydroxylation is 2. The largest absolute Gasteiger partial charge is 0.333 e. The third-order valence-electron chi connectivity index (χ3n) is 4.67. The highest BCUT2D eigenvalue weighted by Crippen LogP contribution is 2.30. The fraction of sp³-hybridized carbons (Fsp3) is 0.389. The normalized spacial score (nSPS) is 17.5. The van der Waals surface area contributed by atoms with Gasteiger partial charge in [0.05, 0.1) is 6.54 Å². The first-order chi connectivity index (χ1) is 12.2. The van der Waals surface area contributed by atoms with E-state index in [1.165, 1.54) is 22.8 Å². The number of primary sulfonamides is 1. The molecule has 1 aliphatic rings. The lowest BCUT2D eigenvalue weighted by Gasteiger charge is -2.18. The molecule has 140 valence electrons. The third-order valence-corrected chi connectivity index (χ3v) is 7.20. The Bertz CT molecular complexity index is 922. The molecule has 3 rings (SSSR count). The molecule has 6 nitrogen and oxygen atoms in total. The maximum atomic E-state index is 12.4. The summed E-state index contributed by atoms with van der Waals surface area (Å²) >= 11 is 1.08. The summed E-state index contributed by atoms with van der Waals surface area (Å²) in [5.74, 6) is 0.358. The molecular weight excluding hydrogens is 370 g/mol. The maximum Gasteiger partial charge on any atom is 0.317 e. The van der Waals surface area contributed by atoms with Crippen molar-refractivity contribution in [3.8, 4) is 0 Å². The fourth-order valence-electron chi connectivity index (χ4n) is 3.36. The average molecular weight is 394 g/mol. The quantitative estimate of drug-likeness (QED) is 0.836. The van der Waals surface area contributed by atoms with E-state index in [-0.39, 0.29) is 10.2 Å². The molecule has 0 spiro atoms. The van der Waals surface area contributed by atoms with E-state index in [1.54, 1.807) is 6.07 Å². The molecule has 3 N–H and O–H groups in total. The predicted molar refractivity (Wildman–Crippen MR) is 103 cm³/mol. The van der Waals surface area contributed by atoms with Crippen LogP contribution in [-0.2, 0) is 16.6 Å². The zero-order chi connectivity index (χ0) is 18.9. The number of hydrogen-bond acceptors (Lipinski definition) is 4. The minimum absolute atomic E-state index is 0.109. The highest BCUT2D eigenvalue weighted by molar-refractivity contribution is 7.91. The summed E-state index contributed by atoms with van der Waals surface area (Å²) in [7, 11) is -3.69. The van der Waals surface area contributed by atoms with Crippen LogP contribution in [0.4, 0.5) is 4.79 Å². The Labute approximate surface area is 158 Å². The Kier molecular flexibility index (Phi) is 5.36. The molecular formula is C18H23N3O3S2. The number of carbonyl (C=O) groups excluding carboxylic acids is 1. The Morgan fingerprint density at radius 3 is 2.73 bits per heavy atom. The van der Waals surface area contributed by atoms with E-state index < -0.39 is 10.0 Å². The van der Waals surface area contributed by atoms with Gasteiger partial charge in [0.15, 0.2) is 0 Å². The van der Waals surface area contributed by atoms with Crippen molar-refractivity contribution in [3.05, 3.63) is 51.9 Å². The summed E-state index contributed by atoms with van der Waals surface area (Å²) in [5.41, 5.74) is 3.82. The van der Waals surface area contributed by atoms with Gasteiger partial charge < -0.3 is 10.2 Å². The van der Waals surface area contributed by atoms with Gasteiger partial charge in [-0.25, -0.2) is 18.4 Å². The van der Waals surface area contributed by atoms with Crippen LogP contribution in [0.3, 0.4) is 0 Å². The van der Waals surface area contributed by atoms with Crippen LogP contribution in [0, 0.1) is 13.8 Å². The van der Waals surface area contributed by atoms with E-state index in [2.05, 4.69) is 37.4 Å². The van der Waals surface area contributed by atoms with Gasteiger partial charge in [0.1, 0.15) is 4.21 Å². The van der Waals surface area contributed by atoms with Gasteiger partial charge in [-0.2, -0.15) is 0 Å². The topological polar surface area (TPSA) is 92.5 Å². The number of benzene rings is 1. The van der Waals surface area contributed by atoms with Gasteiger partial charge in [-0.1, -0.05) is 23.8 Å². The zero-order valence-corrected chi connectivity index (χ0v) is 16.5. The second-order valence-electron chi connectivity index (χ2n) is 6.72. The SMILES string of the molecule is Cc1ccc([C@H]2CCN(C(=O)NCc3ccc(S(N)(=O)=O)s3)C2)c(C)c1. The van der Waals surface area contributed by atoms with Crippen molar-refractivity contribution < 1.29 is 13.2 Å². The molecule has 1 aliphatic heterocycles. The van der Waals surface area contributed by atoms with E-state index >= 15 is 0 Å². The Balaban J connectivity index is 1.57. The van der Waals surface area contributed by atoms with Gasteiger partial charge in [-0.15, -0.1) is 11.3 Å². The molecule has 8 heteroatoms. The van der Waals surface area contributed by atoms with Crippen molar-refractivity contribution in [2.45, 2.75) is 36.9 Å². The number of sulfonamides is 1.